The predicted molar refractivity (Wildman–Crippen MR) is 67.6 cm³/mol. The highest BCUT2D eigenvalue weighted by Crippen LogP contribution is 2.29. The predicted octanol–water partition coefficient (Wildman–Crippen LogP) is 2.80. The second-order valence-corrected chi connectivity index (χ2v) is 5.51. The summed E-state index contributed by atoms with van der Waals surface area (Å²) in [6.45, 7) is 2.56. The van der Waals surface area contributed by atoms with E-state index in [2.05, 4.69) is 20.9 Å². The summed E-state index contributed by atoms with van der Waals surface area (Å²) >= 11 is 3.45. The molecule has 1 saturated carbocycles. The summed E-state index contributed by atoms with van der Waals surface area (Å²) in [6.07, 6.45) is 6.33. The first kappa shape index (κ1) is 11.9. The number of nitrogens with two attached hydrogens (primary N) is 1. The van der Waals surface area contributed by atoms with Gasteiger partial charge >= 0.3 is 0 Å². The fourth-order valence-corrected chi connectivity index (χ4v) is 2.64. The third-order valence-corrected chi connectivity index (χ3v) is 3.61. The van der Waals surface area contributed by atoms with Crippen molar-refractivity contribution in [1.29, 1.82) is 0 Å². The van der Waals surface area contributed by atoms with Crippen molar-refractivity contribution >= 4 is 15.9 Å². The molecule has 16 heavy (non-hydrogen) atoms. The summed E-state index contributed by atoms with van der Waals surface area (Å²) in [5.74, 6) is 0.641. The highest BCUT2D eigenvalue weighted by molar-refractivity contribution is 9.10. The third-order valence-electron chi connectivity index (χ3n) is 3.04. The maximum atomic E-state index is 6.22. The summed E-state index contributed by atoms with van der Waals surface area (Å²) in [7, 11) is 0. The first-order valence-electron chi connectivity index (χ1n) is 5.63. The Balaban J connectivity index is 1.99. The molecule has 1 aliphatic carbocycles. The molecule has 1 fully saturated rings. The first-order valence-corrected chi connectivity index (χ1v) is 6.42. The highest BCUT2D eigenvalue weighted by Gasteiger charge is 2.30. The Morgan fingerprint density at radius 3 is 2.81 bits per heavy atom. The highest BCUT2D eigenvalue weighted by atomic mass is 79.9. The van der Waals surface area contributed by atoms with Crippen LogP contribution < -0.4 is 10.5 Å². The van der Waals surface area contributed by atoms with Crippen molar-refractivity contribution in [2.45, 2.75) is 38.1 Å². The van der Waals surface area contributed by atoms with Gasteiger partial charge in [0.1, 0.15) is 6.61 Å². The number of aryl methyl sites for hydroxylation is 1. The van der Waals surface area contributed by atoms with E-state index >= 15 is 0 Å². The van der Waals surface area contributed by atoms with Gasteiger partial charge in [-0.1, -0.05) is 12.8 Å². The average Bonchev–Trinajstić information content (AvgIpc) is 2.64. The number of hydrogen-bond donors (Lipinski definition) is 1. The average molecular weight is 285 g/mol. The Labute approximate surface area is 105 Å². The summed E-state index contributed by atoms with van der Waals surface area (Å²) in [5, 5.41) is 0. The van der Waals surface area contributed by atoms with Gasteiger partial charge in [-0.2, -0.15) is 0 Å². The van der Waals surface area contributed by atoms with E-state index in [9.17, 15) is 0 Å². The van der Waals surface area contributed by atoms with Crippen molar-refractivity contribution in [3.05, 3.63) is 22.3 Å². The lowest BCUT2D eigenvalue weighted by molar-refractivity contribution is 0.212. The van der Waals surface area contributed by atoms with Crippen molar-refractivity contribution < 1.29 is 4.74 Å². The fourth-order valence-electron chi connectivity index (χ4n) is 2.06. The lowest BCUT2D eigenvalue weighted by Gasteiger charge is -2.23. The molecule has 0 bridgehead atoms. The lowest BCUT2D eigenvalue weighted by Crippen LogP contribution is -2.42. The van der Waals surface area contributed by atoms with Crippen molar-refractivity contribution in [3.8, 4) is 5.88 Å². The molecular weight excluding hydrogens is 268 g/mol. The molecule has 0 aliphatic heterocycles. The monoisotopic (exact) mass is 284 g/mol. The normalized spacial score (nSPS) is 18.7. The van der Waals surface area contributed by atoms with Crippen LogP contribution in [0, 0.1) is 6.92 Å². The van der Waals surface area contributed by atoms with Crippen molar-refractivity contribution in [2.75, 3.05) is 6.61 Å². The zero-order valence-electron chi connectivity index (χ0n) is 9.50. The Morgan fingerprint density at radius 2 is 2.19 bits per heavy atom. The maximum Gasteiger partial charge on any atom is 0.228 e. The van der Waals surface area contributed by atoms with E-state index in [1.54, 1.807) is 6.20 Å². The molecule has 1 aromatic rings. The molecule has 1 heterocycles. The molecule has 2 rings (SSSR count). The van der Waals surface area contributed by atoms with Gasteiger partial charge in [-0.15, -0.1) is 0 Å². The number of aromatic nitrogens is 1. The number of pyridine rings is 1. The third kappa shape index (κ3) is 2.74. The standard InChI is InChI=1S/C12H17BrN2O/c1-9-6-10(13)11(15-7-9)16-8-12(14)4-2-3-5-12/h6-7H,2-5,8,14H2,1H3. The zero-order valence-corrected chi connectivity index (χ0v) is 11.1. The minimum Gasteiger partial charge on any atom is -0.475 e. The van der Waals surface area contributed by atoms with E-state index in [1.807, 2.05) is 13.0 Å². The molecule has 4 heteroatoms. The van der Waals surface area contributed by atoms with Crippen LogP contribution in [-0.4, -0.2) is 17.1 Å². The Bertz CT molecular complexity index is 375. The van der Waals surface area contributed by atoms with Gasteiger partial charge in [0.25, 0.3) is 0 Å². The number of ether oxygens (including phenoxy) is 1. The van der Waals surface area contributed by atoms with E-state index in [0.717, 1.165) is 22.9 Å². The molecule has 0 aromatic carbocycles. The van der Waals surface area contributed by atoms with Gasteiger partial charge in [-0.25, -0.2) is 4.98 Å². The van der Waals surface area contributed by atoms with Gasteiger partial charge in [-0.05, 0) is 47.3 Å². The van der Waals surface area contributed by atoms with Crippen LogP contribution in [0.25, 0.3) is 0 Å². The molecule has 0 saturated heterocycles. The van der Waals surface area contributed by atoms with Crippen LogP contribution >= 0.6 is 15.9 Å². The van der Waals surface area contributed by atoms with Crippen LogP contribution in [0.3, 0.4) is 0 Å². The topological polar surface area (TPSA) is 48.1 Å². The summed E-state index contributed by atoms with van der Waals surface area (Å²) in [5.41, 5.74) is 7.19. The number of halogens is 1. The molecule has 1 aliphatic rings. The van der Waals surface area contributed by atoms with E-state index in [1.165, 1.54) is 12.8 Å². The number of rotatable bonds is 3. The second-order valence-electron chi connectivity index (χ2n) is 4.66. The number of nitrogens with zero attached hydrogens (tertiary/aromatic N) is 1. The van der Waals surface area contributed by atoms with Gasteiger partial charge in [0.15, 0.2) is 0 Å². The smallest absolute Gasteiger partial charge is 0.228 e. The van der Waals surface area contributed by atoms with Crippen LogP contribution in [0.15, 0.2) is 16.7 Å². The summed E-state index contributed by atoms with van der Waals surface area (Å²) in [4.78, 5) is 4.25. The van der Waals surface area contributed by atoms with E-state index in [-0.39, 0.29) is 5.54 Å². The van der Waals surface area contributed by atoms with E-state index in [0.29, 0.717) is 12.5 Å². The summed E-state index contributed by atoms with van der Waals surface area (Å²) in [6, 6.07) is 2.00. The minimum absolute atomic E-state index is 0.147. The molecule has 1 aromatic heterocycles. The summed E-state index contributed by atoms with van der Waals surface area (Å²) < 4.78 is 6.59. The molecule has 0 radical (unpaired) electrons. The Morgan fingerprint density at radius 1 is 1.50 bits per heavy atom. The van der Waals surface area contributed by atoms with Crippen LogP contribution in [0.5, 0.6) is 5.88 Å². The van der Waals surface area contributed by atoms with Gasteiger partial charge in [0.05, 0.1) is 10.0 Å². The molecular formula is C12H17BrN2O. The Kier molecular flexibility index (Phi) is 3.50. The molecule has 0 unspecified atom stereocenters. The minimum atomic E-state index is -0.147. The van der Waals surface area contributed by atoms with E-state index < -0.39 is 0 Å². The van der Waals surface area contributed by atoms with Gasteiger partial charge in [-0.3, -0.25) is 0 Å². The molecule has 2 N–H and O–H groups in total. The van der Waals surface area contributed by atoms with Crippen LogP contribution in [0.2, 0.25) is 0 Å². The van der Waals surface area contributed by atoms with Crippen molar-refractivity contribution in [2.24, 2.45) is 5.73 Å². The van der Waals surface area contributed by atoms with Gasteiger partial charge in [0.2, 0.25) is 5.88 Å². The SMILES string of the molecule is Cc1cnc(OCC2(N)CCCC2)c(Br)c1. The van der Waals surface area contributed by atoms with Crippen molar-refractivity contribution in [3.63, 3.8) is 0 Å². The van der Waals surface area contributed by atoms with Gasteiger partial charge < -0.3 is 10.5 Å². The first-order chi connectivity index (χ1) is 7.59. The van der Waals surface area contributed by atoms with Crippen LogP contribution in [0.1, 0.15) is 31.2 Å². The van der Waals surface area contributed by atoms with E-state index in [4.69, 9.17) is 10.5 Å². The Hall–Kier alpha value is -0.610. The lowest BCUT2D eigenvalue weighted by atomic mass is 10.0. The van der Waals surface area contributed by atoms with Crippen LogP contribution in [0.4, 0.5) is 0 Å². The molecule has 88 valence electrons. The largest absolute Gasteiger partial charge is 0.475 e. The molecule has 0 spiro atoms. The quantitative estimate of drug-likeness (QED) is 0.929. The number of hydrogen-bond acceptors (Lipinski definition) is 3. The second kappa shape index (κ2) is 4.72. The maximum absolute atomic E-state index is 6.22. The fraction of sp³-hybridized carbons (Fsp3) is 0.583. The van der Waals surface area contributed by atoms with Gasteiger partial charge in [0, 0.05) is 6.20 Å². The van der Waals surface area contributed by atoms with Crippen LogP contribution in [-0.2, 0) is 0 Å². The molecule has 3 nitrogen and oxygen atoms in total. The zero-order chi connectivity index (χ0) is 11.6. The molecule has 0 atom stereocenters. The molecule has 0 amide bonds. The van der Waals surface area contributed by atoms with Crippen molar-refractivity contribution in [1.82, 2.24) is 4.98 Å².